The Morgan fingerprint density at radius 2 is 0.379 bits per heavy atom. The Kier molecular flexibility index (Phi) is 24.5. The highest BCUT2D eigenvalue weighted by atomic mass is 16.6. The minimum Gasteiger partial charge on any atom is -0.490 e. The van der Waals surface area contributed by atoms with Gasteiger partial charge in [0.2, 0.25) is 17.2 Å². The summed E-state index contributed by atoms with van der Waals surface area (Å²) in [5.41, 5.74) is 5.88. The van der Waals surface area contributed by atoms with Crippen LogP contribution < -0.4 is 42.6 Å². The summed E-state index contributed by atoms with van der Waals surface area (Å²) in [6, 6.07) is 18.8. The number of ether oxygens (including phenoxy) is 9. The van der Waals surface area contributed by atoms with Crippen LogP contribution in [0.1, 0.15) is 153 Å². The van der Waals surface area contributed by atoms with E-state index in [2.05, 4.69) is 117 Å². The molecule has 4 rings (SSSR count). The third-order valence-corrected chi connectivity index (χ3v) is 9.66. The lowest BCUT2D eigenvalue weighted by molar-refractivity contribution is 0.243. The van der Waals surface area contributed by atoms with Crippen LogP contribution in [0.15, 0.2) is 54.6 Å². The van der Waals surface area contributed by atoms with E-state index in [4.69, 9.17) is 42.6 Å². The zero-order valence-corrected chi connectivity index (χ0v) is 41.6. The molecule has 0 aliphatic carbocycles. The summed E-state index contributed by atoms with van der Waals surface area (Å²) in [6.45, 7) is 24.1. The Balaban J connectivity index is 1.87. The molecule has 0 unspecified atom stereocenters. The highest BCUT2D eigenvalue weighted by Gasteiger charge is 2.18. The summed E-state index contributed by atoms with van der Waals surface area (Å²) in [5, 5.41) is 0. The molecule has 0 N–H and O–H groups in total. The van der Waals surface area contributed by atoms with Gasteiger partial charge in [0, 0.05) is 0 Å². The number of rotatable bonds is 33. The predicted molar refractivity (Wildman–Crippen MR) is 275 cm³/mol. The Morgan fingerprint density at radius 3 is 0.545 bits per heavy atom. The van der Waals surface area contributed by atoms with Gasteiger partial charge in [0.1, 0.15) is 0 Å². The molecule has 0 amide bonds. The molecule has 0 spiro atoms. The van der Waals surface area contributed by atoms with Crippen molar-refractivity contribution < 1.29 is 42.6 Å². The average Bonchev–Trinajstić information content (AvgIpc) is 3.33. The van der Waals surface area contributed by atoms with Crippen molar-refractivity contribution in [1.82, 2.24) is 0 Å². The van der Waals surface area contributed by atoms with Gasteiger partial charge in [-0.25, -0.2) is 0 Å². The van der Waals surface area contributed by atoms with Gasteiger partial charge in [0.25, 0.3) is 0 Å². The molecule has 4 aromatic carbocycles. The highest BCUT2D eigenvalue weighted by Crippen LogP contribution is 2.42. The number of hydrogen-bond acceptors (Lipinski definition) is 9. The summed E-state index contributed by atoms with van der Waals surface area (Å²) in [4.78, 5) is 0. The zero-order chi connectivity index (χ0) is 47.4. The third-order valence-electron chi connectivity index (χ3n) is 9.66. The quantitative estimate of drug-likeness (QED) is 0.0434. The van der Waals surface area contributed by atoms with E-state index < -0.39 is 0 Å². The molecule has 0 saturated carbocycles. The van der Waals surface area contributed by atoms with Gasteiger partial charge in [0.15, 0.2) is 34.5 Å². The first-order valence-corrected chi connectivity index (χ1v) is 24.7. The fourth-order valence-corrected chi connectivity index (χ4v) is 6.60. The fourth-order valence-electron chi connectivity index (χ4n) is 6.60. The molecule has 0 radical (unpaired) electrons. The van der Waals surface area contributed by atoms with Crippen LogP contribution in [0.25, 0.3) is 36.5 Å². The maximum Gasteiger partial charge on any atom is 0.203 e. The molecule has 360 valence electrons. The van der Waals surface area contributed by atoms with Crippen LogP contribution in [0, 0.1) is 0 Å². The van der Waals surface area contributed by atoms with Crippen molar-refractivity contribution in [3.63, 3.8) is 0 Å². The molecule has 66 heavy (non-hydrogen) atoms. The normalized spacial score (nSPS) is 11.4. The van der Waals surface area contributed by atoms with Crippen molar-refractivity contribution in [1.29, 1.82) is 0 Å². The van der Waals surface area contributed by atoms with E-state index in [9.17, 15) is 0 Å². The van der Waals surface area contributed by atoms with Crippen LogP contribution in [0.5, 0.6) is 51.7 Å². The van der Waals surface area contributed by atoms with E-state index in [1.807, 2.05) is 36.4 Å². The molecule has 0 aliphatic heterocycles. The van der Waals surface area contributed by atoms with Crippen LogP contribution in [0.2, 0.25) is 0 Å². The summed E-state index contributed by atoms with van der Waals surface area (Å²) in [5.74, 6) is 6.08. The second-order valence-corrected chi connectivity index (χ2v) is 16.1. The lowest BCUT2D eigenvalue weighted by Gasteiger charge is -2.18. The minimum atomic E-state index is 0.574. The summed E-state index contributed by atoms with van der Waals surface area (Å²) < 4.78 is 56.1. The molecule has 9 heteroatoms. The molecule has 0 aliphatic rings. The molecule has 0 saturated heterocycles. The first-order valence-electron chi connectivity index (χ1n) is 24.7. The van der Waals surface area contributed by atoms with Gasteiger partial charge >= 0.3 is 0 Å². The van der Waals surface area contributed by atoms with E-state index in [1.54, 1.807) is 0 Å². The van der Waals surface area contributed by atoms with E-state index in [1.165, 1.54) is 0 Å². The van der Waals surface area contributed by atoms with Crippen LogP contribution in [0.3, 0.4) is 0 Å². The van der Waals surface area contributed by atoms with E-state index in [-0.39, 0.29) is 0 Å². The first-order chi connectivity index (χ1) is 32.3. The van der Waals surface area contributed by atoms with Crippen molar-refractivity contribution in [2.24, 2.45) is 0 Å². The Hall–Kier alpha value is -5.70. The van der Waals surface area contributed by atoms with Crippen molar-refractivity contribution in [3.8, 4) is 51.7 Å². The molecule has 0 heterocycles. The van der Waals surface area contributed by atoms with Gasteiger partial charge in [-0.2, -0.15) is 0 Å². The molecule has 9 nitrogen and oxygen atoms in total. The largest absolute Gasteiger partial charge is 0.490 e. The number of hydrogen-bond donors (Lipinski definition) is 0. The molecular weight excluding hydrogens is 829 g/mol. The van der Waals surface area contributed by atoms with Crippen molar-refractivity contribution in [2.75, 3.05) is 59.5 Å². The molecule has 0 atom stereocenters. The predicted octanol–water partition coefficient (Wildman–Crippen LogP) is 15.3. The second kappa shape index (κ2) is 30.5. The minimum absolute atomic E-state index is 0.574. The van der Waals surface area contributed by atoms with Crippen LogP contribution in [-0.2, 0) is 0 Å². The summed E-state index contributed by atoms with van der Waals surface area (Å²) in [7, 11) is 0. The molecule has 0 fully saturated rings. The van der Waals surface area contributed by atoms with Gasteiger partial charge in [0.05, 0.1) is 59.5 Å². The lowest BCUT2D eigenvalue weighted by Crippen LogP contribution is -2.05. The van der Waals surface area contributed by atoms with Crippen molar-refractivity contribution in [2.45, 2.75) is 120 Å². The summed E-state index contributed by atoms with van der Waals surface area (Å²) in [6.07, 6.45) is 20.6. The Bertz CT molecular complexity index is 1780. The first kappa shape index (κ1) is 52.9. The third kappa shape index (κ3) is 17.3. The standard InChI is InChI=1S/C57H78O9/c1-10-25-58-49-37-46(38-50(59-26-11-2)55(49)64-31-16-7)22-19-43-34-44(20-23-47-39-51(60-27-12-3)56(65-32-17-8)52(40-47)61-28-13-4)36-45(35-43)21-24-48-41-53(62-29-14-5)57(66-33-18-9)54(42-48)63-30-15-6/h19-24,34-42H,10-18,25-33H2,1-9H3. The molecular formula is C57H78O9. The van der Waals surface area contributed by atoms with Gasteiger partial charge in [-0.15, -0.1) is 0 Å². The maximum absolute atomic E-state index is 6.25. The zero-order valence-electron chi connectivity index (χ0n) is 41.6. The lowest BCUT2D eigenvalue weighted by atomic mass is 10.0. The highest BCUT2D eigenvalue weighted by molar-refractivity contribution is 5.80. The average molecular weight is 907 g/mol. The topological polar surface area (TPSA) is 83.1 Å². The van der Waals surface area contributed by atoms with Crippen molar-refractivity contribution in [3.05, 3.63) is 88.0 Å². The molecule has 4 aromatic rings. The van der Waals surface area contributed by atoms with Gasteiger partial charge in [-0.3, -0.25) is 0 Å². The van der Waals surface area contributed by atoms with Crippen molar-refractivity contribution >= 4 is 36.5 Å². The van der Waals surface area contributed by atoms with E-state index in [0.29, 0.717) is 111 Å². The SMILES string of the molecule is CCCOc1cc(C=Cc2cc(C=Cc3cc(OCCC)c(OCCC)c(OCCC)c3)cc(C=Cc3cc(OCCC)c(OCCC)c(OCCC)c3)c2)cc(OCCC)c1OCCC. The molecule has 0 bridgehead atoms. The van der Waals surface area contributed by atoms with E-state index in [0.717, 1.165) is 91.2 Å². The van der Waals surface area contributed by atoms with Gasteiger partial charge in [-0.1, -0.05) is 98.8 Å². The second-order valence-electron chi connectivity index (χ2n) is 16.1. The van der Waals surface area contributed by atoms with E-state index >= 15 is 0 Å². The van der Waals surface area contributed by atoms with Crippen LogP contribution in [0.4, 0.5) is 0 Å². The Labute approximate surface area is 397 Å². The smallest absolute Gasteiger partial charge is 0.203 e. The fraction of sp³-hybridized carbons (Fsp3) is 0.474. The Morgan fingerprint density at radius 1 is 0.227 bits per heavy atom. The summed E-state index contributed by atoms with van der Waals surface area (Å²) >= 11 is 0. The maximum atomic E-state index is 6.25. The van der Waals surface area contributed by atoms with Gasteiger partial charge in [-0.05, 0) is 146 Å². The van der Waals surface area contributed by atoms with Gasteiger partial charge < -0.3 is 42.6 Å². The number of benzene rings is 4. The molecule has 0 aromatic heterocycles. The van der Waals surface area contributed by atoms with Crippen LogP contribution in [-0.4, -0.2) is 59.5 Å². The monoisotopic (exact) mass is 907 g/mol. The van der Waals surface area contributed by atoms with Crippen LogP contribution >= 0.6 is 0 Å².